The number of phenols is 2. The van der Waals surface area contributed by atoms with Gasteiger partial charge in [-0.1, -0.05) is 83.4 Å². The topological polar surface area (TPSA) is 40.5 Å². The van der Waals surface area contributed by atoms with E-state index in [-0.39, 0.29) is 17.8 Å². The molecule has 2 aromatic carbocycles. The molecule has 0 bridgehead atoms. The highest BCUT2D eigenvalue weighted by atomic mass is 16.3. The van der Waals surface area contributed by atoms with Crippen LogP contribution in [0.2, 0.25) is 0 Å². The standard InChI is InChI=1S/C25H36O2/c1-9-18(8)23(21-12-16(6)10-19(14(2)3)24(21)26)22-13-17(7)11-20(15(4)5)25(22)27/h10-15,18,23,26-27H,9H2,1-8H3/t18-/m0/s1. The summed E-state index contributed by atoms with van der Waals surface area (Å²) < 4.78 is 0. The van der Waals surface area contributed by atoms with Crippen LogP contribution in [0.1, 0.15) is 99.1 Å². The highest BCUT2D eigenvalue weighted by Gasteiger charge is 2.29. The number of benzene rings is 2. The zero-order valence-electron chi connectivity index (χ0n) is 18.2. The molecular formula is C25H36O2. The lowest BCUT2D eigenvalue weighted by Gasteiger charge is -2.29. The Morgan fingerprint density at radius 3 is 1.30 bits per heavy atom. The van der Waals surface area contributed by atoms with Crippen molar-refractivity contribution in [3.8, 4) is 11.5 Å². The van der Waals surface area contributed by atoms with Crippen LogP contribution >= 0.6 is 0 Å². The van der Waals surface area contributed by atoms with E-state index in [9.17, 15) is 10.2 Å². The van der Waals surface area contributed by atoms with E-state index in [4.69, 9.17) is 0 Å². The second-order valence-corrected chi connectivity index (χ2v) is 8.76. The van der Waals surface area contributed by atoms with Crippen molar-refractivity contribution in [2.75, 3.05) is 0 Å². The average molecular weight is 369 g/mol. The van der Waals surface area contributed by atoms with Gasteiger partial charge >= 0.3 is 0 Å². The molecule has 0 radical (unpaired) electrons. The Labute approximate surface area is 165 Å². The minimum atomic E-state index is -0.0372. The van der Waals surface area contributed by atoms with Crippen LogP contribution in [0.15, 0.2) is 24.3 Å². The van der Waals surface area contributed by atoms with E-state index >= 15 is 0 Å². The van der Waals surface area contributed by atoms with E-state index in [0.717, 1.165) is 39.8 Å². The van der Waals surface area contributed by atoms with Gasteiger partial charge in [0.2, 0.25) is 0 Å². The first kappa shape index (κ1) is 21.3. The summed E-state index contributed by atoms with van der Waals surface area (Å²) in [6, 6.07) is 8.34. The Bertz CT molecular complexity index is 739. The fourth-order valence-corrected chi connectivity index (χ4v) is 4.04. The third kappa shape index (κ3) is 4.31. The quantitative estimate of drug-likeness (QED) is 0.569. The first-order valence-corrected chi connectivity index (χ1v) is 10.2. The van der Waals surface area contributed by atoms with Crippen molar-refractivity contribution in [2.45, 2.75) is 79.6 Å². The number of phenolic OH excluding ortho intramolecular Hbond substituents is 2. The van der Waals surface area contributed by atoms with Gasteiger partial charge in [-0.05, 0) is 42.7 Å². The van der Waals surface area contributed by atoms with Crippen molar-refractivity contribution >= 4 is 0 Å². The first-order valence-electron chi connectivity index (χ1n) is 10.2. The highest BCUT2D eigenvalue weighted by Crippen LogP contribution is 2.46. The summed E-state index contributed by atoms with van der Waals surface area (Å²) in [5.74, 6) is 1.52. The molecule has 0 unspecified atom stereocenters. The van der Waals surface area contributed by atoms with Crippen LogP contribution in [0.5, 0.6) is 11.5 Å². The average Bonchev–Trinajstić information content (AvgIpc) is 2.59. The maximum atomic E-state index is 11.1. The van der Waals surface area contributed by atoms with E-state index in [1.54, 1.807) is 0 Å². The number of aromatic hydroxyl groups is 2. The molecule has 2 heteroatoms. The normalized spacial score (nSPS) is 13.0. The lowest BCUT2D eigenvalue weighted by molar-refractivity contribution is 0.413. The lowest BCUT2D eigenvalue weighted by atomic mass is 9.76. The van der Waals surface area contributed by atoms with Crippen LogP contribution in [0, 0.1) is 19.8 Å². The molecular weight excluding hydrogens is 332 g/mol. The second-order valence-electron chi connectivity index (χ2n) is 8.76. The number of rotatable bonds is 6. The van der Waals surface area contributed by atoms with Gasteiger partial charge in [0.05, 0.1) is 0 Å². The Kier molecular flexibility index (Phi) is 6.62. The lowest BCUT2D eigenvalue weighted by Crippen LogP contribution is -2.14. The van der Waals surface area contributed by atoms with Gasteiger partial charge in [-0.2, -0.15) is 0 Å². The van der Waals surface area contributed by atoms with Gasteiger partial charge in [-0.15, -0.1) is 0 Å². The minimum Gasteiger partial charge on any atom is -0.507 e. The predicted molar refractivity (Wildman–Crippen MR) is 115 cm³/mol. The van der Waals surface area contributed by atoms with Gasteiger partial charge in [-0.25, -0.2) is 0 Å². The summed E-state index contributed by atoms with van der Waals surface area (Å²) in [5.41, 5.74) is 6.13. The van der Waals surface area contributed by atoms with Crippen LogP contribution in [-0.4, -0.2) is 10.2 Å². The Morgan fingerprint density at radius 2 is 1.00 bits per heavy atom. The zero-order chi connectivity index (χ0) is 20.5. The summed E-state index contributed by atoms with van der Waals surface area (Å²) in [5, 5.41) is 22.2. The molecule has 2 rings (SSSR count). The van der Waals surface area contributed by atoms with E-state index in [1.807, 2.05) is 0 Å². The summed E-state index contributed by atoms with van der Waals surface area (Å²) in [6.45, 7) is 17.0. The minimum absolute atomic E-state index is 0.0372. The molecule has 2 N–H and O–H groups in total. The zero-order valence-corrected chi connectivity index (χ0v) is 18.2. The SMILES string of the molecule is CC[C@H](C)C(c1cc(C)cc(C(C)C)c1O)c1cc(C)cc(C(C)C)c1O. The van der Waals surface area contributed by atoms with Crippen LogP contribution in [0.4, 0.5) is 0 Å². The Hall–Kier alpha value is -1.96. The van der Waals surface area contributed by atoms with Crippen molar-refractivity contribution in [1.29, 1.82) is 0 Å². The fraction of sp³-hybridized carbons (Fsp3) is 0.520. The third-order valence-corrected chi connectivity index (χ3v) is 5.75. The van der Waals surface area contributed by atoms with Crippen LogP contribution in [0.25, 0.3) is 0 Å². The maximum absolute atomic E-state index is 11.1. The van der Waals surface area contributed by atoms with Crippen LogP contribution in [-0.2, 0) is 0 Å². The largest absolute Gasteiger partial charge is 0.507 e. The monoisotopic (exact) mass is 368 g/mol. The molecule has 2 nitrogen and oxygen atoms in total. The van der Waals surface area contributed by atoms with E-state index in [0.29, 0.717) is 17.4 Å². The van der Waals surface area contributed by atoms with Gasteiger partial charge in [0.25, 0.3) is 0 Å². The predicted octanol–water partition coefficient (Wildman–Crippen LogP) is 7.14. The molecule has 0 aliphatic heterocycles. The van der Waals surface area contributed by atoms with Crippen LogP contribution in [0.3, 0.4) is 0 Å². The molecule has 0 spiro atoms. The molecule has 0 heterocycles. The molecule has 2 aromatic rings. The Morgan fingerprint density at radius 1 is 0.667 bits per heavy atom. The van der Waals surface area contributed by atoms with Gasteiger partial charge in [0.1, 0.15) is 11.5 Å². The molecule has 27 heavy (non-hydrogen) atoms. The Balaban J connectivity index is 2.80. The summed E-state index contributed by atoms with van der Waals surface area (Å²) >= 11 is 0. The van der Waals surface area contributed by atoms with Crippen molar-refractivity contribution < 1.29 is 10.2 Å². The summed E-state index contributed by atoms with van der Waals surface area (Å²) in [7, 11) is 0. The van der Waals surface area contributed by atoms with Crippen LogP contribution < -0.4 is 0 Å². The molecule has 0 aliphatic rings. The summed E-state index contributed by atoms with van der Waals surface area (Å²) in [6.07, 6.45) is 0.972. The first-order chi connectivity index (χ1) is 12.6. The molecule has 148 valence electrons. The molecule has 0 aliphatic carbocycles. The molecule has 0 saturated carbocycles. The van der Waals surface area contributed by atoms with Gasteiger partial charge < -0.3 is 10.2 Å². The molecule has 0 aromatic heterocycles. The number of hydrogen-bond acceptors (Lipinski definition) is 2. The summed E-state index contributed by atoms with van der Waals surface area (Å²) in [4.78, 5) is 0. The fourth-order valence-electron chi connectivity index (χ4n) is 4.04. The number of aryl methyl sites for hydroxylation is 2. The van der Waals surface area contributed by atoms with Crippen molar-refractivity contribution in [3.63, 3.8) is 0 Å². The highest BCUT2D eigenvalue weighted by molar-refractivity contribution is 5.55. The van der Waals surface area contributed by atoms with Crippen molar-refractivity contribution in [1.82, 2.24) is 0 Å². The molecule has 0 amide bonds. The van der Waals surface area contributed by atoms with Gasteiger partial charge in [0, 0.05) is 17.0 Å². The third-order valence-electron chi connectivity index (χ3n) is 5.75. The second kappa shape index (κ2) is 8.37. The molecule has 1 atom stereocenters. The van der Waals surface area contributed by atoms with Gasteiger partial charge in [0.15, 0.2) is 0 Å². The van der Waals surface area contributed by atoms with E-state index in [1.165, 1.54) is 0 Å². The maximum Gasteiger partial charge on any atom is 0.122 e. The molecule has 0 fully saturated rings. The van der Waals surface area contributed by atoms with Crippen molar-refractivity contribution in [2.24, 2.45) is 5.92 Å². The molecule has 0 saturated heterocycles. The van der Waals surface area contributed by atoms with Gasteiger partial charge in [-0.3, -0.25) is 0 Å². The number of hydrogen-bond donors (Lipinski definition) is 2. The van der Waals surface area contributed by atoms with Crippen molar-refractivity contribution in [3.05, 3.63) is 57.6 Å². The smallest absolute Gasteiger partial charge is 0.122 e. The van der Waals surface area contributed by atoms with E-state index < -0.39 is 0 Å². The van der Waals surface area contributed by atoms with E-state index in [2.05, 4.69) is 79.7 Å².